The molecule has 0 unspecified atom stereocenters. The Kier molecular flexibility index (Phi) is 4.86. The van der Waals surface area contributed by atoms with Crippen LogP contribution in [0.2, 0.25) is 0 Å². The minimum absolute atomic E-state index is 0.573. The summed E-state index contributed by atoms with van der Waals surface area (Å²) in [6, 6.07) is 14.3. The van der Waals surface area contributed by atoms with Crippen molar-refractivity contribution in [2.24, 2.45) is 0 Å². The van der Waals surface area contributed by atoms with Crippen LogP contribution >= 0.6 is 0 Å². The number of hydrogen-bond donors (Lipinski definition) is 1. The fourth-order valence-electron chi connectivity index (χ4n) is 2.63. The molecule has 21 heavy (non-hydrogen) atoms. The van der Waals surface area contributed by atoms with Crippen LogP contribution in [0.3, 0.4) is 0 Å². The van der Waals surface area contributed by atoms with E-state index in [2.05, 4.69) is 36.1 Å². The first-order chi connectivity index (χ1) is 10.0. The normalized spacial score (nSPS) is 12.0. The van der Waals surface area contributed by atoms with Gasteiger partial charge in [-0.3, -0.25) is 0 Å². The average molecular weight is 285 g/mol. The molecule has 0 fully saturated rings. The highest BCUT2D eigenvalue weighted by Crippen LogP contribution is 2.34. The summed E-state index contributed by atoms with van der Waals surface area (Å²) in [5.74, 6) is 0.721. The van der Waals surface area contributed by atoms with E-state index >= 15 is 0 Å². The molecular weight excluding hydrogens is 262 g/mol. The number of hydrogen-bond acceptors (Lipinski definition) is 3. The van der Waals surface area contributed by atoms with Crippen molar-refractivity contribution in [3.63, 3.8) is 0 Å². The number of aryl methyl sites for hydroxylation is 1. The van der Waals surface area contributed by atoms with Crippen LogP contribution in [0.25, 0.3) is 0 Å². The smallest absolute Gasteiger partial charge is 0.126 e. The third-order valence-electron chi connectivity index (χ3n) is 3.59. The monoisotopic (exact) mass is 285 g/mol. The van der Waals surface area contributed by atoms with Crippen LogP contribution in [0.15, 0.2) is 42.5 Å². The van der Waals surface area contributed by atoms with E-state index in [1.807, 2.05) is 25.2 Å². The predicted molar refractivity (Wildman–Crippen MR) is 86.9 cm³/mol. The SMILES string of the molecule is COc1cccc(N(C)Cc2cccc(C)c2)c1[C@H](C)O. The molecule has 112 valence electrons. The van der Waals surface area contributed by atoms with Gasteiger partial charge in [-0.1, -0.05) is 35.9 Å². The van der Waals surface area contributed by atoms with Crippen molar-refractivity contribution < 1.29 is 9.84 Å². The zero-order valence-electron chi connectivity index (χ0n) is 13.1. The van der Waals surface area contributed by atoms with Crippen molar-refractivity contribution >= 4 is 5.69 Å². The minimum Gasteiger partial charge on any atom is -0.496 e. The number of methoxy groups -OCH3 is 1. The van der Waals surface area contributed by atoms with E-state index in [1.165, 1.54) is 11.1 Å². The molecule has 3 nitrogen and oxygen atoms in total. The van der Waals surface area contributed by atoms with E-state index in [9.17, 15) is 5.11 Å². The van der Waals surface area contributed by atoms with Gasteiger partial charge in [-0.15, -0.1) is 0 Å². The van der Waals surface area contributed by atoms with Crippen LogP contribution in [0.4, 0.5) is 5.69 Å². The molecule has 0 aliphatic carbocycles. The first-order valence-electron chi connectivity index (χ1n) is 7.14. The molecule has 0 saturated carbocycles. The lowest BCUT2D eigenvalue weighted by molar-refractivity contribution is 0.194. The van der Waals surface area contributed by atoms with Crippen molar-refractivity contribution in [3.05, 3.63) is 59.2 Å². The number of rotatable bonds is 5. The highest BCUT2D eigenvalue weighted by Gasteiger charge is 2.16. The lowest BCUT2D eigenvalue weighted by Gasteiger charge is -2.25. The van der Waals surface area contributed by atoms with Crippen molar-refractivity contribution in [2.75, 3.05) is 19.1 Å². The summed E-state index contributed by atoms with van der Waals surface area (Å²) in [6.07, 6.45) is -0.573. The second-order valence-electron chi connectivity index (χ2n) is 5.41. The fraction of sp³-hybridized carbons (Fsp3) is 0.333. The third-order valence-corrected chi connectivity index (χ3v) is 3.59. The number of aliphatic hydroxyl groups excluding tert-OH is 1. The molecule has 0 bridgehead atoms. The summed E-state index contributed by atoms with van der Waals surface area (Å²) in [5, 5.41) is 10.1. The molecule has 0 radical (unpaired) electrons. The molecule has 0 aromatic heterocycles. The van der Waals surface area contributed by atoms with Gasteiger partial charge in [0.05, 0.1) is 13.2 Å². The Bertz CT molecular complexity index is 608. The van der Waals surface area contributed by atoms with Gasteiger partial charge in [0.1, 0.15) is 5.75 Å². The Morgan fingerprint density at radius 1 is 1.19 bits per heavy atom. The van der Waals surface area contributed by atoms with Gasteiger partial charge in [-0.05, 0) is 31.5 Å². The van der Waals surface area contributed by atoms with Crippen LogP contribution in [0, 0.1) is 6.92 Å². The van der Waals surface area contributed by atoms with Gasteiger partial charge in [0, 0.05) is 24.8 Å². The second kappa shape index (κ2) is 6.64. The van der Waals surface area contributed by atoms with E-state index in [4.69, 9.17) is 4.74 Å². The molecule has 0 saturated heterocycles. The summed E-state index contributed by atoms with van der Waals surface area (Å²) < 4.78 is 5.38. The van der Waals surface area contributed by atoms with Gasteiger partial charge in [-0.2, -0.15) is 0 Å². The van der Waals surface area contributed by atoms with Crippen molar-refractivity contribution in [1.82, 2.24) is 0 Å². The third kappa shape index (κ3) is 3.56. The summed E-state index contributed by atoms with van der Waals surface area (Å²) in [4.78, 5) is 2.14. The van der Waals surface area contributed by atoms with Crippen LogP contribution in [0.5, 0.6) is 5.75 Å². The predicted octanol–water partition coefficient (Wildman–Crippen LogP) is 3.69. The van der Waals surface area contributed by atoms with Gasteiger partial charge >= 0.3 is 0 Å². The summed E-state index contributed by atoms with van der Waals surface area (Å²) in [7, 11) is 3.66. The maximum absolute atomic E-state index is 10.1. The van der Waals surface area contributed by atoms with E-state index in [0.29, 0.717) is 0 Å². The maximum atomic E-state index is 10.1. The molecule has 0 heterocycles. The molecular formula is C18H23NO2. The van der Waals surface area contributed by atoms with Crippen LogP contribution in [-0.4, -0.2) is 19.3 Å². The maximum Gasteiger partial charge on any atom is 0.126 e. The highest BCUT2D eigenvalue weighted by atomic mass is 16.5. The zero-order valence-corrected chi connectivity index (χ0v) is 13.1. The average Bonchev–Trinajstić information content (AvgIpc) is 2.46. The van der Waals surface area contributed by atoms with Crippen molar-refractivity contribution in [1.29, 1.82) is 0 Å². The fourth-order valence-corrected chi connectivity index (χ4v) is 2.63. The molecule has 1 N–H and O–H groups in total. The topological polar surface area (TPSA) is 32.7 Å². The number of aliphatic hydroxyl groups is 1. The minimum atomic E-state index is -0.573. The Morgan fingerprint density at radius 2 is 1.90 bits per heavy atom. The number of anilines is 1. The summed E-state index contributed by atoms with van der Waals surface area (Å²) >= 11 is 0. The van der Waals surface area contributed by atoms with Gasteiger partial charge < -0.3 is 14.7 Å². The largest absolute Gasteiger partial charge is 0.496 e. The van der Waals surface area contributed by atoms with Crippen molar-refractivity contribution in [3.8, 4) is 5.75 Å². The zero-order chi connectivity index (χ0) is 15.4. The Hall–Kier alpha value is -2.00. The van der Waals surface area contributed by atoms with Gasteiger partial charge in [0.15, 0.2) is 0 Å². The Balaban J connectivity index is 2.32. The first-order valence-corrected chi connectivity index (χ1v) is 7.14. The Labute approximate surface area is 126 Å². The molecule has 2 aromatic rings. The summed E-state index contributed by atoms with van der Waals surface area (Å²) in [5.41, 5.74) is 4.32. The quantitative estimate of drug-likeness (QED) is 0.909. The number of nitrogens with zero attached hydrogens (tertiary/aromatic N) is 1. The second-order valence-corrected chi connectivity index (χ2v) is 5.41. The van der Waals surface area contributed by atoms with E-state index < -0.39 is 6.10 Å². The number of ether oxygens (including phenoxy) is 1. The van der Waals surface area contributed by atoms with E-state index in [0.717, 1.165) is 23.5 Å². The molecule has 1 atom stereocenters. The highest BCUT2D eigenvalue weighted by molar-refractivity contribution is 5.60. The molecule has 3 heteroatoms. The molecule has 0 aliphatic heterocycles. The Morgan fingerprint density at radius 3 is 2.52 bits per heavy atom. The lowest BCUT2D eigenvalue weighted by Crippen LogP contribution is -2.19. The number of benzene rings is 2. The molecule has 2 rings (SSSR count). The standard InChI is InChI=1S/C18H23NO2/c1-13-7-5-8-15(11-13)12-19(3)16-9-6-10-17(21-4)18(16)14(2)20/h5-11,14,20H,12H2,1-4H3/t14-/m0/s1. The van der Waals surface area contributed by atoms with Crippen LogP contribution in [0.1, 0.15) is 29.7 Å². The summed E-state index contributed by atoms with van der Waals surface area (Å²) in [6.45, 7) is 4.65. The van der Waals surface area contributed by atoms with Gasteiger partial charge in [0.25, 0.3) is 0 Å². The molecule has 0 aliphatic rings. The van der Waals surface area contributed by atoms with Gasteiger partial charge in [0.2, 0.25) is 0 Å². The molecule has 0 spiro atoms. The van der Waals surface area contributed by atoms with Crippen LogP contribution in [-0.2, 0) is 6.54 Å². The van der Waals surface area contributed by atoms with Crippen LogP contribution < -0.4 is 9.64 Å². The van der Waals surface area contributed by atoms with Gasteiger partial charge in [-0.25, -0.2) is 0 Å². The van der Waals surface area contributed by atoms with E-state index in [-0.39, 0.29) is 0 Å². The van der Waals surface area contributed by atoms with E-state index in [1.54, 1.807) is 14.0 Å². The first kappa shape index (κ1) is 15.4. The molecule has 2 aromatic carbocycles. The molecule has 0 amide bonds. The lowest BCUT2D eigenvalue weighted by atomic mass is 10.0. The van der Waals surface area contributed by atoms with Crippen molar-refractivity contribution in [2.45, 2.75) is 26.5 Å².